The Morgan fingerprint density at radius 2 is 1.67 bits per heavy atom. The van der Waals surface area contributed by atoms with Crippen molar-refractivity contribution in [3.63, 3.8) is 0 Å². The zero-order valence-electron chi connectivity index (χ0n) is 19.5. The first-order valence-corrected chi connectivity index (χ1v) is 11.8. The molecule has 0 spiro atoms. The van der Waals surface area contributed by atoms with E-state index in [-0.39, 0.29) is 11.9 Å². The lowest BCUT2D eigenvalue weighted by atomic mass is 9.99. The smallest absolute Gasteiger partial charge is 0.236 e. The fraction of sp³-hybridized carbons (Fsp3) is 0.370. The second-order valence-electron chi connectivity index (χ2n) is 8.95. The molecule has 0 radical (unpaired) electrons. The van der Waals surface area contributed by atoms with E-state index in [1.807, 2.05) is 23.1 Å². The number of methoxy groups -OCH3 is 1. The third kappa shape index (κ3) is 4.35. The number of fused-ring (bicyclic) bond motifs is 1. The van der Waals surface area contributed by atoms with Crippen molar-refractivity contribution in [1.29, 1.82) is 0 Å². The Labute approximate surface area is 196 Å². The molecule has 6 nitrogen and oxygen atoms in total. The molecule has 0 bridgehead atoms. The third-order valence-electron chi connectivity index (χ3n) is 6.93. The number of anilines is 1. The van der Waals surface area contributed by atoms with Gasteiger partial charge in [0.2, 0.25) is 5.91 Å². The summed E-state index contributed by atoms with van der Waals surface area (Å²) in [6.07, 6.45) is 2.15. The molecule has 1 atom stereocenters. The van der Waals surface area contributed by atoms with Gasteiger partial charge in [-0.15, -0.1) is 0 Å². The molecule has 33 heavy (non-hydrogen) atoms. The summed E-state index contributed by atoms with van der Waals surface area (Å²) in [5, 5.41) is 0. The average molecular weight is 445 g/mol. The molecular formula is C27H32N4O2. The number of amides is 1. The van der Waals surface area contributed by atoms with Crippen LogP contribution in [0.25, 0.3) is 0 Å². The molecule has 1 saturated heterocycles. The van der Waals surface area contributed by atoms with Crippen LogP contribution in [-0.2, 0) is 11.3 Å². The molecule has 1 fully saturated rings. The van der Waals surface area contributed by atoms with Gasteiger partial charge in [0, 0.05) is 51.2 Å². The molecule has 5 rings (SSSR count). The molecule has 0 saturated carbocycles. The maximum Gasteiger partial charge on any atom is 0.236 e. The topological polar surface area (TPSA) is 41.0 Å². The Bertz CT molecular complexity index is 1100. The van der Waals surface area contributed by atoms with Crippen LogP contribution < -0.4 is 9.64 Å². The third-order valence-corrected chi connectivity index (χ3v) is 6.93. The lowest BCUT2D eigenvalue weighted by Crippen LogP contribution is -2.52. The number of rotatable bonds is 5. The predicted molar refractivity (Wildman–Crippen MR) is 131 cm³/mol. The average Bonchev–Trinajstić information content (AvgIpc) is 3.33. The number of benzene rings is 2. The van der Waals surface area contributed by atoms with Gasteiger partial charge in [-0.05, 0) is 36.8 Å². The van der Waals surface area contributed by atoms with Gasteiger partial charge >= 0.3 is 0 Å². The zero-order valence-corrected chi connectivity index (χ0v) is 19.5. The zero-order chi connectivity index (χ0) is 22.8. The molecule has 2 aliphatic heterocycles. The molecule has 6 heteroatoms. The van der Waals surface area contributed by atoms with E-state index in [1.165, 1.54) is 16.8 Å². The number of hydrogen-bond donors (Lipinski definition) is 0. The van der Waals surface area contributed by atoms with Crippen LogP contribution in [0.4, 0.5) is 5.69 Å². The maximum absolute atomic E-state index is 13.3. The first-order valence-electron chi connectivity index (χ1n) is 11.8. The number of nitrogens with zero attached hydrogens (tertiary/aromatic N) is 4. The Kier molecular flexibility index (Phi) is 6.09. The standard InChI is InChI=1S/C27H32N4O2/c1-21-9-11-22(12-10-21)27-24-7-5-13-28(24)16-19-31(27)20-26(32)30-17-14-29(15-18-30)23-6-3-4-8-25(23)33-2/h3-13,27H,14-20H2,1-2H3. The van der Waals surface area contributed by atoms with Crippen LogP contribution in [0.2, 0.25) is 0 Å². The van der Waals surface area contributed by atoms with E-state index < -0.39 is 0 Å². The summed E-state index contributed by atoms with van der Waals surface area (Å²) in [7, 11) is 1.71. The van der Waals surface area contributed by atoms with Crippen LogP contribution in [0.3, 0.4) is 0 Å². The molecule has 172 valence electrons. The number of carbonyl (C=O) groups is 1. The number of carbonyl (C=O) groups excluding carboxylic acids is 1. The molecule has 3 aromatic rings. The second-order valence-corrected chi connectivity index (χ2v) is 8.95. The van der Waals surface area contributed by atoms with Gasteiger partial charge in [0.05, 0.1) is 25.4 Å². The normalized spacial score (nSPS) is 18.8. The van der Waals surface area contributed by atoms with Gasteiger partial charge in [-0.3, -0.25) is 9.69 Å². The van der Waals surface area contributed by atoms with Crippen molar-refractivity contribution in [3.05, 3.63) is 83.7 Å². The summed E-state index contributed by atoms with van der Waals surface area (Å²) in [5.74, 6) is 1.10. The maximum atomic E-state index is 13.3. The first-order chi connectivity index (χ1) is 16.1. The van der Waals surface area contributed by atoms with Crippen molar-refractivity contribution in [3.8, 4) is 5.75 Å². The fourth-order valence-corrected chi connectivity index (χ4v) is 5.09. The van der Waals surface area contributed by atoms with Crippen LogP contribution in [0.15, 0.2) is 66.9 Å². The molecule has 1 aromatic heterocycles. The highest BCUT2D eigenvalue weighted by atomic mass is 16.5. The quantitative estimate of drug-likeness (QED) is 0.604. The summed E-state index contributed by atoms with van der Waals surface area (Å²) in [4.78, 5) is 20.0. The molecule has 1 unspecified atom stereocenters. The minimum Gasteiger partial charge on any atom is -0.495 e. The minimum atomic E-state index is 0.105. The van der Waals surface area contributed by atoms with Crippen LogP contribution in [0.1, 0.15) is 22.9 Å². The van der Waals surface area contributed by atoms with Gasteiger partial charge in [-0.25, -0.2) is 0 Å². The Hall–Kier alpha value is -3.25. The SMILES string of the molecule is COc1ccccc1N1CCN(C(=O)CN2CCn3cccc3C2c2ccc(C)cc2)CC1. The van der Waals surface area contributed by atoms with Crippen molar-refractivity contribution in [2.75, 3.05) is 51.3 Å². The molecule has 2 aromatic carbocycles. The van der Waals surface area contributed by atoms with Crippen LogP contribution in [-0.4, -0.2) is 66.7 Å². The minimum absolute atomic E-state index is 0.105. The van der Waals surface area contributed by atoms with Gasteiger partial charge in [-0.2, -0.15) is 0 Å². The molecular weight excluding hydrogens is 412 g/mol. The summed E-state index contributed by atoms with van der Waals surface area (Å²) >= 11 is 0. The Morgan fingerprint density at radius 3 is 2.42 bits per heavy atom. The Balaban J connectivity index is 1.28. The highest BCUT2D eigenvalue weighted by Crippen LogP contribution is 2.33. The van der Waals surface area contributed by atoms with Crippen molar-refractivity contribution in [1.82, 2.24) is 14.4 Å². The van der Waals surface area contributed by atoms with Gasteiger partial charge < -0.3 is 19.1 Å². The van der Waals surface area contributed by atoms with E-state index in [9.17, 15) is 4.79 Å². The molecule has 0 N–H and O–H groups in total. The monoisotopic (exact) mass is 444 g/mol. The molecule has 1 amide bonds. The van der Waals surface area contributed by atoms with Gasteiger partial charge in [-0.1, -0.05) is 42.0 Å². The first kappa shape index (κ1) is 21.6. The highest BCUT2D eigenvalue weighted by molar-refractivity contribution is 5.79. The number of aryl methyl sites for hydroxylation is 1. The summed E-state index contributed by atoms with van der Waals surface area (Å²) < 4.78 is 7.84. The lowest BCUT2D eigenvalue weighted by molar-refractivity contribution is -0.133. The van der Waals surface area contributed by atoms with Gasteiger partial charge in [0.25, 0.3) is 0 Å². The van der Waals surface area contributed by atoms with Gasteiger partial charge in [0.1, 0.15) is 5.75 Å². The summed E-state index contributed by atoms with van der Waals surface area (Å²) in [5.41, 5.74) is 4.86. The summed E-state index contributed by atoms with van der Waals surface area (Å²) in [6.45, 7) is 7.43. The van der Waals surface area contributed by atoms with E-state index in [1.54, 1.807) is 7.11 Å². The molecule has 2 aliphatic rings. The van der Waals surface area contributed by atoms with E-state index in [0.29, 0.717) is 6.54 Å². The number of hydrogen-bond acceptors (Lipinski definition) is 4. The van der Waals surface area contributed by atoms with Crippen LogP contribution in [0, 0.1) is 6.92 Å². The number of piperazine rings is 1. The van der Waals surface area contributed by atoms with E-state index in [4.69, 9.17) is 4.74 Å². The van der Waals surface area contributed by atoms with Crippen molar-refractivity contribution >= 4 is 11.6 Å². The van der Waals surface area contributed by atoms with E-state index in [0.717, 1.165) is 50.7 Å². The largest absolute Gasteiger partial charge is 0.495 e. The lowest BCUT2D eigenvalue weighted by Gasteiger charge is -2.40. The predicted octanol–water partition coefficient (Wildman–Crippen LogP) is 3.56. The Morgan fingerprint density at radius 1 is 0.909 bits per heavy atom. The number of aromatic nitrogens is 1. The van der Waals surface area contributed by atoms with Crippen molar-refractivity contribution in [2.24, 2.45) is 0 Å². The molecule has 0 aliphatic carbocycles. The summed E-state index contributed by atoms with van der Waals surface area (Å²) in [6, 6.07) is 21.2. The van der Waals surface area contributed by atoms with Crippen LogP contribution in [0.5, 0.6) is 5.75 Å². The fourth-order valence-electron chi connectivity index (χ4n) is 5.09. The van der Waals surface area contributed by atoms with Crippen LogP contribution >= 0.6 is 0 Å². The van der Waals surface area contributed by atoms with Crippen molar-refractivity contribution in [2.45, 2.75) is 19.5 Å². The highest BCUT2D eigenvalue weighted by Gasteiger charge is 2.32. The van der Waals surface area contributed by atoms with Crippen molar-refractivity contribution < 1.29 is 9.53 Å². The molecule has 3 heterocycles. The van der Waals surface area contributed by atoms with Gasteiger partial charge in [0.15, 0.2) is 0 Å². The second kappa shape index (κ2) is 9.32. The van der Waals surface area contributed by atoms with E-state index >= 15 is 0 Å². The number of para-hydroxylation sites is 2. The number of ether oxygens (including phenoxy) is 1. The van der Waals surface area contributed by atoms with E-state index in [2.05, 4.69) is 70.0 Å².